The van der Waals surface area contributed by atoms with Crippen molar-refractivity contribution in [2.24, 2.45) is 0 Å². The number of esters is 1. The average Bonchev–Trinajstić information content (AvgIpc) is 2.94. The average molecular weight is 330 g/mol. The Morgan fingerprint density at radius 3 is 2.67 bits per heavy atom. The number of fused-ring (bicyclic) bond motifs is 1. The Balaban J connectivity index is 2.10. The fourth-order valence-corrected chi connectivity index (χ4v) is 3.52. The third-order valence-electron chi connectivity index (χ3n) is 5.37. The predicted molar refractivity (Wildman–Crippen MR) is 86.4 cm³/mol. The molecule has 2 heterocycles. The van der Waals surface area contributed by atoms with E-state index in [2.05, 4.69) is 6.07 Å². The van der Waals surface area contributed by atoms with E-state index in [1.54, 1.807) is 25.1 Å². The summed E-state index contributed by atoms with van der Waals surface area (Å²) in [5, 5.41) is 20.5. The molecule has 6 nitrogen and oxygen atoms in total. The molecule has 128 valence electrons. The monoisotopic (exact) mass is 330 g/mol. The molecule has 1 aromatic rings. The van der Waals surface area contributed by atoms with E-state index in [4.69, 9.17) is 9.47 Å². The van der Waals surface area contributed by atoms with Gasteiger partial charge in [-0.05, 0) is 46.0 Å². The number of hydrogen-bond donors (Lipinski definition) is 1. The lowest BCUT2D eigenvalue weighted by Crippen LogP contribution is -2.62. The molecule has 2 aliphatic heterocycles. The molecule has 2 aliphatic rings. The maximum absolute atomic E-state index is 11.5. The first-order valence-electron chi connectivity index (χ1n) is 8.00. The van der Waals surface area contributed by atoms with Crippen molar-refractivity contribution in [3.8, 4) is 11.8 Å². The van der Waals surface area contributed by atoms with Crippen molar-refractivity contribution in [3.63, 3.8) is 0 Å². The number of hydrogen-bond acceptors (Lipinski definition) is 6. The highest BCUT2D eigenvalue weighted by atomic mass is 16.5. The Bertz CT molecular complexity index is 720. The van der Waals surface area contributed by atoms with Gasteiger partial charge in [-0.2, -0.15) is 5.26 Å². The van der Waals surface area contributed by atoms with E-state index < -0.39 is 17.2 Å². The van der Waals surface area contributed by atoms with Crippen LogP contribution in [0, 0.1) is 11.3 Å². The second-order valence-electron chi connectivity index (χ2n) is 7.23. The van der Waals surface area contributed by atoms with E-state index in [9.17, 15) is 15.2 Å². The lowest BCUT2D eigenvalue weighted by molar-refractivity contribution is -0.166. The number of rotatable bonds is 2. The second kappa shape index (κ2) is 5.47. The summed E-state index contributed by atoms with van der Waals surface area (Å²) in [6.45, 7) is 5.71. The summed E-state index contributed by atoms with van der Waals surface area (Å²) >= 11 is 0. The summed E-state index contributed by atoms with van der Waals surface area (Å²) in [6, 6.07) is 6.79. The van der Waals surface area contributed by atoms with Crippen molar-refractivity contribution in [1.82, 2.24) is 4.90 Å². The van der Waals surface area contributed by atoms with Gasteiger partial charge in [0.2, 0.25) is 0 Å². The quantitative estimate of drug-likeness (QED) is 0.832. The zero-order valence-electron chi connectivity index (χ0n) is 14.4. The zero-order valence-corrected chi connectivity index (χ0v) is 14.4. The smallest absolute Gasteiger partial charge is 0.307 e. The standard InChI is InChI=1S/C18H22N2O4/c1-17(2)18(3,22)16(20(4)12-8-15(21)23-10-12)13-7-11(9-19)5-6-14(13)24-17/h5-7,12,16,22H,8,10H2,1-4H3. The Hall–Kier alpha value is -2.10. The number of carbonyl (C=O) groups is 1. The van der Waals surface area contributed by atoms with Crippen molar-refractivity contribution in [3.05, 3.63) is 29.3 Å². The largest absolute Gasteiger partial charge is 0.484 e. The van der Waals surface area contributed by atoms with Gasteiger partial charge < -0.3 is 14.6 Å². The maximum atomic E-state index is 11.5. The molecule has 1 fully saturated rings. The summed E-state index contributed by atoms with van der Waals surface area (Å²) in [6.07, 6.45) is 0.289. The van der Waals surface area contributed by atoms with Gasteiger partial charge in [0.05, 0.1) is 30.1 Å². The number of likely N-dealkylation sites (N-methyl/N-ethyl adjacent to an activating group) is 1. The molecule has 24 heavy (non-hydrogen) atoms. The van der Waals surface area contributed by atoms with Crippen molar-refractivity contribution in [2.75, 3.05) is 13.7 Å². The van der Waals surface area contributed by atoms with Gasteiger partial charge in [-0.1, -0.05) is 0 Å². The first kappa shape index (κ1) is 16.7. The van der Waals surface area contributed by atoms with Crippen molar-refractivity contribution >= 4 is 5.97 Å². The Labute approximate surface area is 141 Å². The topological polar surface area (TPSA) is 82.8 Å². The minimum atomic E-state index is -1.23. The highest BCUT2D eigenvalue weighted by Crippen LogP contribution is 2.49. The van der Waals surface area contributed by atoms with E-state index in [0.717, 1.165) is 5.56 Å². The minimum absolute atomic E-state index is 0.124. The fourth-order valence-electron chi connectivity index (χ4n) is 3.52. The van der Waals surface area contributed by atoms with Crippen LogP contribution in [0.4, 0.5) is 0 Å². The molecule has 6 heteroatoms. The molecular formula is C18H22N2O4. The van der Waals surface area contributed by atoms with Gasteiger partial charge in [0.25, 0.3) is 0 Å². The summed E-state index contributed by atoms with van der Waals surface area (Å²) in [5.41, 5.74) is -0.810. The fraction of sp³-hybridized carbons (Fsp3) is 0.556. The molecular weight excluding hydrogens is 308 g/mol. The molecule has 1 N–H and O–H groups in total. The molecule has 0 amide bonds. The highest BCUT2D eigenvalue weighted by Gasteiger charge is 2.55. The van der Waals surface area contributed by atoms with Crippen LogP contribution in [-0.4, -0.2) is 46.9 Å². The lowest BCUT2D eigenvalue weighted by atomic mass is 9.74. The number of cyclic esters (lactones) is 1. The minimum Gasteiger partial charge on any atom is -0.484 e. The number of aliphatic hydroxyl groups is 1. The predicted octanol–water partition coefficient (Wildman–Crippen LogP) is 1.77. The van der Waals surface area contributed by atoms with Crippen LogP contribution in [0.1, 0.15) is 44.4 Å². The van der Waals surface area contributed by atoms with Gasteiger partial charge in [0.15, 0.2) is 0 Å². The Morgan fingerprint density at radius 1 is 1.38 bits per heavy atom. The third kappa shape index (κ3) is 2.45. The SMILES string of the molecule is CN(C1COC(=O)C1)C1c2cc(C#N)ccc2OC(C)(C)C1(C)O. The first-order chi connectivity index (χ1) is 11.2. The van der Waals surface area contributed by atoms with Crippen LogP contribution < -0.4 is 4.74 Å². The third-order valence-corrected chi connectivity index (χ3v) is 5.37. The first-order valence-corrected chi connectivity index (χ1v) is 8.00. The Morgan fingerprint density at radius 2 is 2.08 bits per heavy atom. The van der Waals surface area contributed by atoms with Gasteiger partial charge in [-0.3, -0.25) is 9.69 Å². The van der Waals surface area contributed by atoms with Gasteiger partial charge >= 0.3 is 5.97 Å². The lowest BCUT2D eigenvalue weighted by Gasteiger charge is -2.53. The van der Waals surface area contributed by atoms with Crippen molar-refractivity contribution in [2.45, 2.75) is 50.5 Å². The summed E-state index contributed by atoms with van der Waals surface area (Å²) in [5.74, 6) is 0.413. The molecule has 0 aliphatic carbocycles. The molecule has 0 aromatic heterocycles. The van der Waals surface area contributed by atoms with E-state index in [-0.39, 0.29) is 18.4 Å². The van der Waals surface area contributed by atoms with Crippen LogP contribution in [0.2, 0.25) is 0 Å². The maximum Gasteiger partial charge on any atom is 0.307 e. The molecule has 3 atom stereocenters. The molecule has 1 saturated heterocycles. The van der Waals surface area contributed by atoms with Crippen LogP contribution in [-0.2, 0) is 9.53 Å². The zero-order chi connectivity index (χ0) is 17.7. The molecule has 3 unspecified atom stereocenters. The number of ether oxygens (including phenoxy) is 2. The van der Waals surface area contributed by atoms with Crippen molar-refractivity contribution in [1.29, 1.82) is 5.26 Å². The van der Waals surface area contributed by atoms with E-state index in [1.807, 2.05) is 25.8 Å². The van der Waals surface area contributed by atoms with Gasteiger partial charge in [-0.25, -0.2) is 0 Å². The van der Waals surface area contributed by atoms with Gasteiger partial charge in [-0.15, -0.1) is 0 Å². The van der Waals surface area contributed by atoms with Crippen LogP contribution in [0.25, 0.3) is 0 Å². The van der Waals surface area contributed by atoms with E-state index in [1.165, 1.54) is 0 Å². The van der Waals surface area contributed by atoms with Crippen LogP contribution in [0.5, 0.6) is 5.75 Å². The van der Waals surface area contributed by atoms with Crippen LogP contribution in [0.15, 0.2) is 18.2 Å². The summed E-state index contributed by atoms with van der Waals surface area (Å²) < 4.78 is 11.1. The summed E-state index contributed by atoms with van der Waals surface area (Å²) in [4.78, 5) is 13.5. The second-order valence-corrected chi connectivity index (χ2v) is 7.23. The summed E-state index contributed by atoms with van der Waals surface area (Å²) in [7, 11) is 1.87. The number of benzene rings is 1. The number of nitriles is 1. The molecule has 0 bridgehead atoms. The van der Waals surface area contributed by atoms with Gasteiger partial charge in [0.1, 0.15) is 23.6 Å². The van der Waals surface area contributed by atoms with E-state index >= 15 is 0 Å². The Kier molecular flexibility index (Phi) is 3.82. The van der Waals surface area contributed by atoms with Crippen LogP contribution >= 0.6 is 0 Å². The van der Waals surface area contributed by atoms with Crippen LogP contribution in [0.3, 0.4) is 0 Å². The molecule has 0 spiro atoms. The molecule has 0 radical (unpaired) electrons. The highest BCUT2D eigenvalue weighted by molar-refractivity contribution is 5.72. The normalized spacial score (nSPS) is 31.1. The van der Waals surface area contributed by atoms with Crippen molar-refractivity contribution < 1.29 is 19.4 Å². The number of nitrogens with zero attached hydrogens (tertiary/aromatic N) is 2. The number of carbonyl (C=O) groups excluding carboxylic acids is 1. The molecule has 1 aromatic carbocycles. The molecule has 0 saturated carbocycles. The van der Waals surface area contributed by atoms with E-state index in [0.29, 0.717) is 17.9 Å². The molecule has 3 rings (SSSR count). The van der Waals surface area contributed by atoms with Gasteiger partial charge in [0, 0.05) is 5.56 Å².